The molecule has 0 atom stereocenters. The van der Waals surface area contributed by atoms with E-state index in [2.05, 4.69) is 10.1 Å². The minimum absolute atomic E-state index is 0.0659. The topological polar surface area (TPSA) is 85.7 Å². The van der Waals surface area contributed by atoms with Crippen LogP contribution < -0.4 is 5.56 Å². The van der Waals surface area contributed by atoms with Crippen molar-refractivity contribution >= 4 is 23.1 Å². The number of H-pyrrole nitrogens is 1. The highest BCUT2D eigenvalue weighted by molar-refractivity contribution is 6.31. The van der Waals surface area contributed by atoms with E-state index in [0.717, 1.165) is 11.1 Å². The predicted molar refractivity (Wildman–Crippen MR) is 97.7 cm³/mol. The van der Waals surface area contributed by atoms with Crippen molar-refractivity contribution in [3.05, 3.63) is 56.6 Å². The van der Waals surface area contributed by atoms with E-state index < -0.39 is 5.97 Å². The SMILES string of the molecule is CCOC(=O)c1nn2cc(-c3ccc(C)c(Cl)c3)[nH]c(=O)c2c1COC. The normalized spacial score (nSPS) is 11.1. The minimum Gasteiger partial charge on any atom is -0.461 e. The van der Waals surface area contributed by atoms with Gasteiger partial charge in [-0.1, -0.05) is 23.7 Å². The maximum atomic E-state index is 12.7. The van der Waals surface area contributed by atoms with Gasteiger partial charge in [0.2, 0.25) is 0 Å². The first kappa shape index (κ1) is 18.2. The average molecular weight is 376 g/mol. The van der Waals surface area contributed by atoms with Crippen LogP contribution >= 0.6 is 11.6 Å². The number of aryl methyl sites for hydroxylation is 1. The van der Waals surface area contributed by atoms with E-state index in [9.17, 15) is 9.59 Å². The molecule has 0 unspecified atom stereocenters. The zero-order valence-electron chi connectivity index (χ0n) is 14.6. The van der Waals surface area contributed by atoms with Crippen molar-refractivity contribution in [2.75, 3.05) is 13.7 Å². The number of methoxy groups -OCH3 is 1. The molecule has 0 saturated heterocycles. The number of nitrogens with one attached hydrogen (secondary N) is 1. The molecule has 0 fully saturated rings. The van der Waals surface area contributed by atoms with E-state index >= 15 is 0 Å². The van der Waals surface area contributed by atoms with Crippen molar-refractivity contribution in [2.24, 2.45) is 0 Å². The zero-order chi connectivity index (χ0) is 18.8. The Morgan fingerprint density at radius 1 is 1.38 bits per heavy atom. The van der Waals surface area contributed by atoms with Crippen LogP contribution in [-0.4, -0.2) is 34.3 Å². The number of carbonyl (C=O) groups excluding carboxylic acids is 1. The number of esters is 1. The number of ether oxygens (including phenoxy) is 2. The maximum absolute atomic E-state index is 12.7. The van der Waals surface area contributed by atoms with Crippen LogP contribution in [0.5, 0.6) is 0 Å². The molecular formula is C18H18ClN3O4. The fourth-order valence-corrected chi connectivity index (χ4v) is 2.87. The van der Waals surface area contributed by atoms with Gasteiger partial charge in [-0.3, -0.25) is 4.79 Å². The van der Waals surface area contributed by atoms with Crippen LogP contribution in [0.25, 0.3) is 16.8 Å². The number of carbonyl (C=O) groups is 1. The Morgan fingerprint density at radius 2 is 2.15 bits per heavy atom. The summed E-state index contributed by atoms with van der Waals surface area (Å²) in [6.07, 6.45) is 1.64. The molecule has 2 heterocycles. The Hall–Kier alpha value is -2.64. The van der Waals surface area contributed by atoms with Gasteiger partial charge in [-0.25, -0.2) is 9.31 Å². The Balaban J connectivity index is 2.21. The standard InChI is InChI=1S/C18H18ClN3O4/c1-4-26-18(24)15-12(9-25-3)16-17(23)20-14(8-22(16)21-15)11-6-5-10(2)13(19)7-11/h5-8H,4,9H2,1-3H3,(H,20,23). The molecule has 0 spiro atoms. The predicted octanol–water partition coefficient (Wildman–Crippen LogP) is 2.97. The Morgan fingerprint density at radius 3 is 2.81 bits per heavy atom. The molecule has 3 rings (SSSR count). The fourth-order valence-electron chi connectivity index (χ4n) is 2.69. The molecule has 26 heavy (non-hydrogen) atoms. The van der Waals surface area contributed by atoms with Crippen LogP contribution in [0.4, 0.5) is 0 Å². The largest absolute Gasteiger partial charge is 0.461 e. The molecule has 8 heteroatoms. The number of aromatic nitrogens is 3. The summed E-state index contributed by atoms with van der Waals surface area (Å²) in [5, 5.41) is 4.84. The van der Waals surface area contributed by atoms with E-state index in [1.807, 2.05) is 19.1 Å². The van der Waals surface area contributed by atoms with Gasteiger partial charge in [0.15, 0.2) is 5.69 Å². The third-order valence-electron chi connectivity index (χ3n) is 3.96. The molecule has 2 aromatic heterocycles. The summed E-state index contributed by atoms with van der Waals surface area (Å²) in [7, 11) is 1.48. The van der Waals surface area contributed by atoms with Gasteiger partial charge in [0, 0.05) is 23.3 Å². The molecule has 0 aliphatic rings. The van der Waals surface area contributed by atoms with Gasteiger partial charge in [0.1, 0.15) is 5.52 Å². The van der Waals surface area contributed by atoms with Crippen LogP contribution in [0.1, 0.15) is 28.5 Å². The Bertz CT molecular complexity index is 1040. The molecule has 1 aromatic carbocycles. The lowest BCUT2D eigenvalue weighted by atomic mass is 10.1. The molecule has 0 saturated carbocycles. The molecule has 136 valence electrons. The number of fused-ring (bicyclic) bond motifs is 1. The smallest absolute Gasteiger partial charge is 0.359 e. The highest BCUT2D eigenvalue weighted by atomic mass is 35.5. The fraction of sp³-hybridized carbons (Fsp3) is 0.278. The minimum atomic E-state index is -0.595. The zero-order valence-corrected chi connectivity index (χ0v) is 15.4. The second-order valence-corrected chi connectivity index (χ2v) is 6.14. The maximum Gasteiger partial charge on any atom is 0.359 e. The van der Waals surface area contributed by atoms with Crippen molar-refractivity contribution in [1.82, 2.24) is 14.6 Å². The molecular weight excluding hydrogens is 358 g/mol. The summed E-state index contributed by atoms with van der Waals surface area (Å²) in [6.45, 7) is 3.88. The van der Waals surface area contributed by atoms with Gasteiger partial charge in [0.05, 0.1) is 25.1 Å². The van der Waals surface area contributed by atoms with Gasteiger partial charge >= 0.3 is 5.97 Å². The first-order chi connectivity index (χ1) is 12.5. The molecule has 0 aliphatic carbocycles. The van der Waals surface area contributed by atoms with Crippen LogP contribution in [0.2, 0.25) is 5.02 Å². The second kappa shape index (κ2) is 7.31. The summed E-state index contributed by atoms with van der Waals surface area (Å²) < 4.78 is 11.5. The molecule has 7 nitrogen and oxygen atoms in total. The van der Waals surface area contributed by atoms with Crippen molar-refractivity contribution < 1.29 is 14.3 Å². The summed E-state index contributed by atoms with van der Waals surface area (Å²) in [5.41, 5.74) is 2.53. The van der Waals surface area contributed by atoms with Crippen molar-refractivity contribution in [3.63, 3.8) is 0 Å². The van der Waals surface area contributed by atoms with E-state index in [1.54, 1.807) is 19.2 Å². The summed E-state index contributed by atoms with van der Waals surface area (Å²) in [6, 6.07) is 5.48. The number of halogens is 1. The van der Waals surface area contributed by atoms with Gasteiger partial charge in [-0.05, 0) is 25.5 Å². The number of hydrogen-bond acceptors (Lipinski definition) is 5. The molecule has 0 amide bonds. The number of nitrogens with zero attached hydrogens (tertiary/aromatic N) is 2. The van der Waals surface area contributed by atoms with Crippen LogP contribution in [-0.2, 0) is 16.1 Å². The summed E-state index contributed by atoms with van der Waals surface area (Å²) in [5.74, 6) is -0.595. The highest BCUT2D eigenvalue weighted by Crippen LogP contribution is 2.24. The number of hydrogen-bond donors (Lipinski definition) is 1. The van der Waals surface area contributed by atoms with Crippen molar-refractivity contribution in [2.45, 2.75) is 20.5 Å². The number of aromatic amines is 1. The first-order valence-electron chi connectivity index (χ1n) is 8.03. The lowest BCUT2D eigenvalue weighted by Crippen LogP contribution is -2.13. The Labute approximate surface area is 154 Å². The number of rotatable bonds is 5. The molecule has 3 aromatic rings. The van der Waals surface area contributed by atoms with Crippen molar-refractivity contribution in [1.29, 1.82) is 0 Å². The van der Waals surface area contributed by atoms with Crippen LogP contribution in [0, 0.1) is 6.92 Å². The quantitative estimate of drug-likeness (QED) is 0.693. The van der Waals surface area contributed by atoms with Gasteiger partial charge in [-0.15, -0.1) is 0 Å². The third kappa shape index (κ3) is 3.23. The van der Waals surface area contributed by atoms with E-state index in [-0.39, 0.29) is 30.0 Å². The molecule has 0 radical (unpaired) electrons. The average Bonchev–Trinajstić information content (AvgIpc) is 2.97. The molecule has 0 aliphatic heterocycles. The van der Waals surface area contributed by atoms with E-state index in [0.29, 0.717) is 16.3 Å². The van der Waals surface area contributed by atoms with E-state index in [4.69, 9.17) is 21.1 Å². The van der Waals surface area contributed by atoms with Crippen LogP contribution in [0.15, 0.2) is 29.2 Å². The molecule has 0 bridgehead atoms. The lowest BCUT2D eigenvalue weighted by Gasteiger charge is -2.05. The van der Waals surface area contributed by atoms with Gasteiger partial charge in [0.25, 0.3) is 5.56 Å². The second-order valence-electron chi connectivity index (χ2n) is 5.73. The lowest BCUT2D eigenvalue weighted by molar-refractivity contribution is 0.0514. The van der Waals surface area contributed by atoms with Gasteiger partial charge in [-0.2, -0.15) is 5.10 Å². The van der Waals surface area contributed by atoms with Crippen molar-refractivity contribution in [3.8, 4) is 11.3 Å². The Kier molecular flexibility index (Phi) is 5.11. The third-order valence-corrected chi connectivity index (χ3v) is 4.37. The summed E-state index contributed by atoms with van der Waals surface area (Å²) >= 11 is 6.18. The van der Waals surface area contributed by atoms with Gasteiger partial charge < -0.3 is 14.5 Å². The first-order valence-corrected chi connectivity index (χ1v) is 8.41. The van der Waals surface area contributed by atoms with E-state index in [1.165, 1.54) is 11.6 Å². The molecule has 1 N–H and O–H groups in total. The van der Waals surface area contributed by atoms with Crippen LogP contribution in [0.3, 0.4) is 0 Å². The number of benzene rings is 1. The monoisotopic (exact) mass is 375 g/mol. The summed E-state index contributed by atoms with van der Waals surface area (Å²) in [4.78, 5) is 27.6. The highest BCUT2D eigenvalue weighted by Gasteiger charge is 2.23.